The van der Waals surface area contributed by atoms with E-state index in [-0.39, 0.29) is 11.9 Å². The van der Waals surface area contributed by atoms with Crippen LogP contribution in [0.1, 0.15) is 36.1 Å². The Labute approximate surface area is 183 Å². The van der Waals surface area contributed by atoms with Crippen molar-refractivity contribution in [3.63, 3.8) is 0 Å². The molecule has 1 aliphatic heterocycles. The van der Waals surface area contributed by atoms with E-state index in [0.29, 0.717) is 12.2 Å². The lowest BCUT2D eigenvalue weighted by Gasteiger charge is -2.34. The van der Waals surface area contributed by atoms with E-state index in [1.165, 1.54) is 5.56 Å². The van der Waals surface area contributed by atoms with Crippen LogP contribution in [0.3, 0.4) is 0 Å². The molecule has 0 bridgehead atoms. The molecule has 0 atom stereocenters. The lowest BCUT2D eigenvalue weighted by molar-refractivity contribution is -0.121. The molecule has 1 saturated heterocycles. The number of carbonyl (C=O) groups excluding carboxylic acids is 1. The van der Waals surface area contributed by atoms with E-state index in [0.717, 1.165) is 55.1 Å². The Hall–Kier alpha value is -3.28. The normalized spacial score (nSPS) is 14.5. The maximum absolute atomic E-state index is 12.4. The predicted molar refractivity (Wildman–Crippen MR) is 123 cm³/mol. The third kappa shape index (κ3) is 5.26. The van der Waals surface area contributed by atoms with Crippen LogP contribution < -0.4 is 10.2 Å². The monoisotopic (exact) mass is 415 g/mol. The smallest absolute Gasteiger partial charge is 0.220 e. The maximum Gasteiger partial charge on any atom is 0.220 e. The van der Waals surface area contributed by atoms with Gasteiger partial charge in [0.25, 0.3) is 0 Å². The van der Waals surface area contributed by atoms with Crippen molar-refractivity contribution in [3.05, 3.63) is 71.5 Å². The van der Waals surface area contributed by atoms with Crippen LogP contribution in [0.15, 0.2) is 54.7 Å². The molecule has 0 spiro atoms. The highest BCUT2D eigenvalue weighted by Gasteiger charge is 2.24. The van der Waals surface area contributed by atoms with Crippen molar-refractivity contribution in [1.29, 1.82) is 0 Å². The zero-order chi connectivity index (χ0) is 21.6. The number of piperidine rings is 1. The van der Waals surface area contributed by atoms with Gasteiger partial charge in [0.2, 0.25) is 5.91 Å². The van der Waals surface area contributed by atoms with Crippen LogP contribution in [-0.4, -0.2) is 40.0 Å². The first-order valence-electron chi connectivity index (χ1n) is 10.9. The first-order valence-corrected chi connectivity index (χ1v) is 10.9. The third-order valence-electron chi connectivity index (χ3n) is 5.90. The Kier molecular flexibility index (Phi) is 6.55. The van der Waals surface area contributed by atoms with E-state index in [1.807, 2.05) is 43.3 Å². The molecule has 2 aromatic heterocycles. The van der Waals surface area contributed by atoms with Gasteiger partial charge in [0, 0.05) is 43.0 Å². The number of aromatic nitrogens is 3. The lowest BCUT2D eigenvalue weighted by Crippen LogP contribution is -2.45. The zero-order valence-corrected chi connectivity index (χ0v) is 18.2. The highest BCUT2D eigenvalue weighted by Crippen LogP contribution is 2.26. The molecular formula is C25H29N5O. The van der Waals surface area contributed by atoms with Crippen LogP contribution in [0.5, 0.6) is 0 Å². The molecule has 31 heavy (non-hydrogen) atoms. The molecular weight excluding hydrogens is 386 g/mol. The van der Waals surface area contributed by atoms with Gasteiger partial charge >= 0.3 is 0 Å². The van der Waals surface area contributed by atoms with Gasteiger partial charge in [-0.05, 0) is 50.8 Å². The van der Waals surface area contributed by atoms with Gasteiger partial charge in [-0.3, -0.25) is 9.78 Å². The minimum atomic E-state index is 0.133. The van der Waals surface area contributed by atoms with Crippen LogP contribution in [0.25, 0.3) is 11.5 Å². The molecule has 1 aromatic carbocycles. The van der Waals surface area contributed by atoms with E-state index in [4.69, 9.17) is 4.98 Å². The highest BCUT2D eigenvalue weighted by atomic mass is 16.1. The number of hydrogen-bond donors (Lipinski definition) is 1. The average Bonchev–Trinajstić information content (AvgIpc) is 2.81. The fourth-order valence-corrected chi connectivity index (χ4v) is 3.97. The zero-order valence-electron chi connectivity index (χ0n) is 18.2. The van der Waals surface area contributed by atoms with E-state index < -0.39 is 0 Å². The highest BCUT2D eigenvalue weighted by molar-refractivity contribution is 5.76. The van der Waals surface area contributed by atoms with Gasteiger partial charge in [-0.2, -0.15) is 0 Å². The van der Waals surface area contributed by atoms with Gasteiger partial charge < -0.3 is 10.2 Å². The number of carbonyl (C=O) groups is 1. The van der Waals surface area contributed by atoms with Crippen LogP contribution in [0.4, 0.5) is 5.82 Å². The summed E-state index contributed by atoms with van der Waals surface area (Å²) in [5, 5.41) is 3.22. The predicted octanol–water partition coefficient (Wildman–Crippen LogP) is 3.87. The van der Waals surface area contributed by atoms with Crippen molar-refractivity contribution in [3.8, 4) is 11.5 Å². The number of hydrogen-bond acceptors (Lipinski definition) is 5. The Morgan fingerprint density at radius 1 is 1.03 bits per heavy atom. The largest absolute Gasteiger partial charge is 0.356 e. The Balaban J connectivity index is 1.35. The van der Waals surface area contributed by atoms with Gasteiger partial charge in [-0.1, -0.05) is 36.4 Å². The van der Waals surface area contributed by atoms with Crippen LogP contribution >= 0.6 is 0 Å². The summed E-state index contributed by atoms with van der Waals surface area (Å²) in [6.07, 6.45) is 4.90. The number of anilines is 1. The lowest BCUT2D eigenvalue weighted by atomic mass is 10.0. The van der Waals surface area contributed by atoms with Crippen molar-refractivity contribution in [2.45, 2.75) is 45.6 Å². The maximum atomic E-state index is 12.4. The fourth-order valence-electron chi connectivity index (χ4n) is 3.97. The minimum Gasteiger partial charge on any atom is -0.356 e. The molecule has 160 valence electrons. The van der Waals surface area contributed by atoms with Crippen molar-refractivity contribution in [2.24, 2.45) is 0 Å². The second-order valence-corrected chi connectivity index (χ2v) is 8.11. The summed E-state index contributed by atoms with van der Waals surface area (Å²) in [4.78, 5) is 28.6. The molecule has 0 unspecified atom stereocenters. The summed E-state index contributed by atoms with van der Waals surface area (Å²) in [5.74, 6) is 1.77. The summed E-state index contributed by atoms with van der Waals surface area (Å²) < 4.78 is 0. The molecule has 3 heterocycles. The Morgan fingerprint density at radius 2 is 1.77 bits per heavy atom. The number of pyridine rings is 1. The molecule has 0 saturated carbocycles. The topological polar surface area (TPSA) is 71.0 Å². The molecule has 1 fully saturated rings. The number of nitrogens with one attached hydrogen (secondary N) is 1. The van der Waals surface area contributed by atoms with Gasteiger partial charge in [0.1, 0.15) is 11.5 Å². The Morgan fingerprint density at radius 3 is 2.48 bits per heavy atom. The number of benzene rings is 1. The molecule has 3 aromatic rings. The summed E-state index contributed by atoms with van der Waals surface area (Å²) in [6.45, 7) is 5.82. The number of amides is 1. The van der Waals surface area contributed by atoms with Crippen molar-refractivity contribution >= 4 is 11.7 Å². The molecule has 6 heteroatoms. The molecule has 0 radical (unpaired) electrons. The molecule has 1 aliphatic rings. The van der Waals surface area contributed by atoms with Crippen molar-refractivity contribution in [2.75, 3.05) is 18.0 Å². The van der Waals surface area contributed by atoms with E-state index in [9.17, 15) is 4.79 Å². The molecule has 1 N–H and O–H groups in total. The number of aryl methyl sites for hydroxylation is 2. The molecule has 1 amide bonds. The minimum absolute atomic E-state index is 0.133. The second-order valence-electron chi connectivity index (χ2n) is 8.11. The first kappa shape index (κ1) is 21.0. The summed E-state index contributed by atoms with van der Waals surface area (Å²) in [7, 11) is 0. The van der Waals surface area contributed by atoms with Crippen molar-refractivity contribution < 1.29 is 4.79 Å². The van der Waals surface area contributed by atoms with Crippen LogP contribution in [0.2, 0.25) is 0 Å². The number of nitrogens with zero attached hydrogens (tertiary/aromatic N) is 4. The van der Waals surface area contributed by atoms with Crippen LogP contribution in [0, 0.1) is 13.8 Å². The van der Waals surface area contributed by atoms with Gasteiger partial charge in [0.05, 0.1) is 0 Å². The average molecular weight is 416 g/mol. The summed E-state index contributed by atoms with van der Waals surface area (Å²) in [6, 6.07) is 16.2. The quantitative estimate of drug-likeness (QED) is 0.662. The molecule has 0 aliphatic carbocycles. The SMILES string of the molecule is Cc1nc(-c2ccccn2)nc(N2CCC(NC(=O)CCc3ccccc3)CC2)c1C. The van der Waals surface area contributed by atoms with Crippen molar-refractivity contribution in [1.82, 2.24) is 20.3 Å². The third-order valence-corrected chi connectivity index (χ3v) is 5.90. The fraction of sp³-hybridized carbons (Fsp3) is 0.360. The summed E-state index contributed by atoms with van der Waals surface area (Å²) >= 11 is 0. The summed E-state index contributed by atoms with van der Waals surface area (Å²) in [5.41, 5.74) is 4.06. The van der Waals surface area contributed by atoms with E-state index >= 15 is 0 Å². The second kappa shape index (κ2) is 9.69. The van der Waals surface area contributed by atoms with Gasteiger partial charge in [-0.15, -0.1) is 0 Å². The standard InChI is InChI=1S/C25H29N5O/c1-18-19(2)27-24(22-10-6-7-15-26-22)29-25(18)30-16-13-21(14-17-30)28-23(31)12-11-20-8-4-3-5-9-20/h3-10,15,21H,11-14,16-17H2,1-2H3,(H,28,31). The van der Waals surface area contributed by atoms with E-state index in [1.54, 1.807) is 6.20 Å². The Bertz CT molecular complexity index is 1010. The first-order chi connectivity index (χ1) is 15.1. The van der Waals surface area contributed by atoms with E-state index in [2.05, 4.69) is 39.2 Å². The molecule has 6 nitrogen and oxygen atoms in total. The number of rotatable bonds is 6. The van der Waals surface area contributed by atoms with Gasteiger partial charge in [0.15, 0.2) is 5.82 Å². The van der Waals surface area contributed by atoms with Gasteiger partial charge in [-0.25, -0.2) is 9.97 Å². The van der Waals surface area contributed by atoms with Crippen LogP contribution in [-0.2, 0) is 11.2 Å². The molecule has 4 rings (SSSR count).